The van der Waals surface area contributed by atoms with E-state index in [4.69, 9.17) is 4.74 Å². The summed E-state index contributed by atoms with van der Waals surface area (Å²) in [5.74, 6) is 0.318. The van der Waals surface area contributed by atoms with Gasteiger partial charge in [0.15, 0.2) is 0 Å². The molecule has 4 heteroatoms. The summed E-state index contributed by atoms with van der Waals surface area (Å²) < 4.78 is 4.96. The van der Waals surface area contributed by atoms with Crippen molar-refractivity contribution in [2.75, 3.05) is 26.7 Å². The van der Waals surface area contributed by atoms with Gasteiger partial charge in [-0.25, -0.2) is 0 Å². The lowest BCUT2D eigenvalue weighted by atomic mass is 9.66. The first-order valence-corrected chi connectivity index (χ1v) is 6.58. The van der Waals surface area contributed by atoms with Gasteiger partial charge >= 0.3 is 5.97 Å². The number of carbonyl (C=O) groups is 1. The molecule has 0 amide bonds. The largest absolute Gasteiger partial charge is 0.468 e. The number of rotatable bonds is 2. The van der Waals surface area contributed by atoms with Crippen LogP contribution in [0.2, 0.25) is 0 Å². The zero-order chi connectivity index (χ0) is 12.3. The van der Waals surface area contributed by atoms with Gasteiger partial charge in [-0.1, -0.05) is 6.92 Å². The zero-order valence-electron chi connectivity index (χ0n) is 10.6. The minimum atomic E-state index is -0.851. The number of piperidine rings is 3. The van der Waals surface area contributed by atoms with Gasteiger partial charge in [-0.2, -0.15) is 0 Å². The maximum Gasteiger partial charge on any atom is 0.315 e. The third kappa shape index (κ3) is 1.28. The maximum atomic E-state index is 12.1. The van der Waals surface area contributed by atoms with Crippen LogP contribution in [0.1, 0.15) is 26.2 Å². The molecule has 3 unspecified atom stereocenters. The van der Waals surface area contributed by atoms with Crippen LogP contribution in [-0.2, 0) is 9.53 Å². The van der Waals surface area contributed by atoms with E-state index in [1.54, 1.807) is 0 Å². The Bertz CT molecular complexity index is 351. The van der Waals surface area contributed by atoms with Crippen LogP contribution in [-0.4, -0.2) is 48.3 Å². The number of ether oxygens (including phenoxy) is 1. The fraction of sp³-hybridized carbons (Fsp3) is 0.923. The van der Waals surface area contributed by atoms with E-state index in [0.717, 1.165) is 32.4 Å². The lowest BCUT2D eigenvalue weighted by Gasteiger charge is -2.53. The van der Waals surface area contributed by atoms with Gasteiger partial charge in [0, 0.05) is 6.54 Å². The molecule has 4 rings (SSSR count). The van der Waals surface area contributed by atoms with Gasteiger partial charge in [0.05, 0.1) is 12.7 Å². The highest BCUT2D eigenvalue weighted by atomic mass is 16.5. The number of aliphatic hydroxyl groups is 1. The molecule has 4 nitrogen and oxygen atoms in total. The zero-order valence-corrected chi connectivity index (χ0v) is 10.6. The van der Waals surface area contributed by atoms with Crippen LogP contribution in [0, 0.1) is 17.3 Å². The van der Waals surface area contributed by atoms with E-state index in [0.29, 0.717) is 6.54 Å². The molecule has 96 valence electrons. The van der Waals surface area contributed by atoms with Crippen molar-refractivity contribution in [3.8, 4) is 0 Å². The van der Waals surface area contributed by atoms with Crippen molar-refractivity contribution in [2.45, 2.75) is 31.8 Å². The fourth-order valence-electron chi connectivity index (χ4n) is 4.21. The Morgan fingerprint density at radius 1 is 1.41 bits per heavy atom. The third-order valence-corrected chi connectivity index (χ3v) is 5.36. The Hall–Kier alpha value is -0.610. The van der Waals surface area contributed by atoms with E-state index >= 15 is 0 Å². The molecule has 3 saturated heterocycles. The van der Waals surface area contributed by atoms with Crippen LogP contribution in [0.4, 0.5) is 0 Å². The van der Waals surface area contributed by atoms with E-state index in [-0.39, 0.29) is 17.8 Å². The molecule has 0 aromatic carbocycles. The predicted molar refractivity (Wildman–Crippen MR) is 62.3 cm³/mol. The number of hydrogen-bond donors (Lipinski definition) is 1. The van der Waals surface area contributed by atoms with Crippen molar-refractivity contribution in [1.29, 1.82) is 0 Å². The van der Waals surface area contributed by atoms with Gasteiger partial charge in [0.2, 0.25) is 0 Å². The Balaban J connectivity index is 1.94. The van der Waals surface area contributed by atoms with Crippen LogP contribution < -0.4 is 0 Å². The Labute approximate surface area is 102 Å². The quantitative estimate of drug-likeness (QED) is 0.719. The van der Waals surface area contributed by atoms with Crippen molar-refractivity contribution in [3.05, 3.63) is 0 Å². The lowest BCUT2D eigenvalue weighted by molar-refractivity contribution is -0.187. The van der Waals surface area contributed by atoms with E-state index in [1.807, 2.05) is 6.92 Å². The Kier molecular flexibility index (Phi) is 2.33. The van der Waals surface area contributed by atoms with Crippen LogP contribution in [0.3, 0.4) is 0 Å². The molecular formula is C13H21NO3. The van der Waals surface area contributed by atoms with Gasteiger partial charge in [-0.3, -0.25) is 4.79 Å². The van der Waals surface area contributed by atoms with Crippen molar-refractivity contribution >= 4 is 5.97 Å². The molecule has 0 aromatic heterocycles. The van der Waals surface area contributed by atoms with Gasteiger partial charge in [-0.05, 0) is 44.2 Å². The van der Waals surface area contributed by atoms with Crippen LogP contribution >= 0.6 is 0 Å². The normalized spacial score (nSPS) is 52.3. The molecule has 2 bridgehead atoms. The Morgan fingerprint density at radius 3 is 2.35 bits per heavy atom. The molecule has 0 spiro atoms. The predicted octanol–water partition coefficient (Wildman–Crippen LogP) is 0.642. The highest BCUT2D eigenvalue weighted by Crippen LogP contribution is 2.64. The molecule has 1 saturated carbocycles. The van der Waals surface area contributed by atoms with Crippen LogP contribution in [0.25, 0.3) is 0 Å². The molecule has 3 aliphatic heterocycles. The standard InChI is InChI=1S/C13H21NO3/c1-9-7-12(9,11(15)17-2)13(16)8-14-5-3-10(13)4-6-14/h9-10,16H,3-8H2,1-2H3. The van der Waals surface area contributed by atoms with Gasteiger partial charge in [0.1, 0.15) is 5.41 Å². The van der Waals surface area contributed by atoms with Crippen molar-refractivity contribution in [2.24, 2.45) is 17.3 Å². The number of esters is 1. The number of carbonyl (C=O) groups excluding carboxylic acids is 1. The summed E-state index contributed by atoms with van der Waals surface area (Å²) in [6, 6.07) is 0. The maximum absolute atomic E-state index is 12.1. The second-order valence-electron chi connectivity index (χ2n) is 6.04. The van der Waals surface area contributed by atoms with Gasteiger partial charge in [-0.15, -0.1) is 0 Å². The van der Waals surface area contributed by atoms with Crippen molar-refractivity contribution in [3.63, 3.8) is 0 Å². The Morgan fingerprint density at radius 2 is 2.00 bits per heavy atom. The SMILES string of the molecule is COC(=O)C1(C2(O)CN3CCC2CC3)CC1C. The molecule has 0 radical (unpaired) electrons. The molecule has 3 atom stereocenters. The second kappa shape index (κ2) is 3.45. The monoisotopic (exact) mass is 239 g/mol. The van der Waals surface area contributed by atoms with E-state index < -0.39 is 11.0 Å². The molecule has 4 fully saturated rings. The molecule has 1 aliphatic carbocycles. The third-order valence-electron chi connectivity index (χ3n) is 5.36. The van der Waals surface area contributed by atoms with Crippen LogP contribution in [0.15, 0.2) is 0 Å². The summed E-state index contributed by atoms with van der Waals surface area (Å²) in [6.07, 6.45) is 2.81. The minimum Gasteiger partial charge on any atom is -0.468 e. The highest BCUT2D eigenvalue weighted by molar-refractivity contribution is 5.82. The minimum absolute atomic E-state index is 0.207. The van der Waals surface area contributed by atoms with Crippen LogP contribution in [0.5, 0.6) is 0 Å². The molecule has 17 heavy (non-hydrogen) atoms. The van der Waals surface area contributed by atoms with E-state index in [9.17, 15) is 9.90 Å². The summed E-state index contributed by atoms with van der Waals surface area (Å²) >= 11 is 0. The average molecular weight is 239 g/mol. The summed E-state index contributed by atoms with van der Waals surface area (Å²) in [7, 11) is 1.43. The summed E-state index contributed by atoms with van der Waals surface area (Å²) in [5, 5.41) is 11.1. The highest BCUT2D eigenvalue weighted by Gasteiger charge is 2.73. The number of methoxy groups -OCH3 is 1. The first-order valence-electron chi connectivity index (χ1n) is 6.58. The van der Waals surface area contributed by atoms with Crippen molar-refractivity contribution < 1.29 is 14.6 Å². The topological polar surface area (TPSA) is 49.8 Å². The lowest BCUT2D eigenvalue weighted by Crippen LogP contribution is -2.65. The first kappa shape index (κ1) is 11.5. The summed E-state index contributed by atoms with van der Waals surface area (Å²) in [5.41, 5.74) is -1.47. The molecule has 1 N–H and O–H groups in total. The number of nitrogens with zero attached hydrogens (tertiary/aromatic N) is 1. The molecule has 3 heterocycles. The smallest absolute Gasteiger partial charge is 0.315 e. The molecular weight excluding hydrogens is 218 g/mol. The fourth-order valence-corrected chi connectivity index (χ4v) is 4.21. The van der Waals surface area contributed by atoms with E-state index in [1.165, 1.54) is 7.11 Å². The van der Waals surface area contributed by atoms with Gasteiger partial charge in [0.25, 0.3) is 0 Å². The van der Waals surface area contributed by atoms with E-state index in [2.05, 4.69) is 4.90 Å². The average Bonchev–Trinajstić information content (AvgIpc) is 3.03. The number of hydrogen-bond acceptors (Lipinski definition) is 4. The first-order chi connectivity index (χ1) is 8.04. The summed E-state index contributed by atoms with van der Waals surface area (Å²) in [4.78, 5) is 14.4. The molecule has 4 aliphatic rings. The second-order valence-corrected chi connectivity index (χ2v) is 6.04. The number of fused-ring (bicyclic) bond motifs is 3. The summed E-state index contributed by atoms with van der Waals surface area (Å²) in [6.45, 7) is 4.83. The molecule has 0 aromatic rings. The van der Waals surface area contributed by atoms with Gasteiger partial charge < -0.3 is 14.7 Å². The van der Waals surface area contributed by atoms with Crippen molar-refractivity contribution in [1.82, 2.24) is 4.90 Å².